The number of amides is 3. The van der Waals surface area contributed by atoms with Gasteiger partial charge >= 0.3 is 0 Å². The van der Waals surface area contributed by atoms with Crippen molar-refractivity contribution in [3.8, 4) is 0 Å². The van der Waals surface area contributed by atoms with E-state index in [4.69, 9.17) is 14.6 Å². The Morgan fingerprint density at radius 2 is 1.75 bits per heavy atom. The third kappa shape index (κ3) is 10.6. The van der Waals surface area contributed by atoms with Gasteiger partial charge in [-0.1, -0.05) is 24.3 Å². The number of benzene rings is 2. The molecular weight excluding hydrogens is 606 g/mol. The highest BCUT2D eigenvalue weighted by Crippen LogP contribution is 2.45. The minimum atomic E-state index is -2.64. The minimum Gasteiger partial charge on any atom is -0.378 e. The number of rotatable bonds is 4. The molecule has 2 fully saturated rings. The molecule has 3 amide bonds. The van der Waals surface area contributed by atoms with Gasteiger partial charge in [-0.15, -0.1) is 11.3 Å². The maximum atomic E-state index is 13.5. The number of carbonyl (C=O) groups is 4. The van der Waals surface area contributed by atoms with E-state index >= 15 is 0 Å². The summed E-state index contributed by atoms with van der Waals surface area (Å²) in [6.07, 6.45) is 3.68. The van der Waals surface area contributed by atoms with E-state index in [2.05, 4.69) is 22.3 Å². The van der Waals surface area contributed by atoms with Gasteiger partial charge in [-0.05, 0) is 60.5 Å². The lowest BCUT2D eigenvalue weighted by Gasteiger charge is -2.31. The maximum Gasteiger partial charge on any atom is 0.261 e. The number of carbonyl (C=O) groups excluding carboxylic acids is 4. The van der Waals surface area contributed by atoms with E-state index in [0.29, 0.717) is 23.9 Å². The van der Waals surface area contributed by atoms with Gasteiger partial charge in [0.25, 0.3) is 5.91 Å². The molecule has 1 aromatic heterocycles. The predicted octanol–water partition coefficient (Wildman–Crippen LogP) is 4.71. The molecule has 13 heteroatoms. The number of nitrogens with one attached hydrogen (secondary N) is 1. The largest absolute Gasteiger partial charge is 0.378 e. The van der Waals surface area contributed by atoms with Crippen LogP contribution < -0.4 is 10.2 Å². The summed E-state index contributed by atoms with van der Waals surface area (Å²) in [6, 6.07) is 17.0. The molecule has 2 saturated heterocycles. The van der Waals surface area contributed by atoms with Gasteiger partial charge in [0, 0.05) is 70.6 Å². The number of hydrogen-bond donors (Lipinski definition) is 3. The monoisotopic (exact) mass is 648 g/mol. The fourth-order valence-corrected chi connectivity index (χ4v) is 6.29. The first-order chi connectivity index (χ1) is 21.0. The average Bonchev–Trinajstić information content (AvgIpc) is 3.68. The van der Waals surface area contributed by atoms with Crippen molar-refractivity contribution in [3.05, 3.63) is 65.0 Å². The molecule has 3 heterocycles. The second-order valence-electron chi connectivity index (χ2n) is 10.3. The molecular formula is C31H42FN4O6PS. The normalized spacial score (nSPS) is 16.5. The molecule has 0 aliphatic carbocycles. The van der Waals surface area contributed by atoms with Crippen molar-refractivity contribution in [2.45, 2.75) is 44.6 Å². The van der Waals surface area contributed by atoms with Crippen LogP contribution in [0.15, 0.2) is 54.6 Å². The number of anilines is 1. The van der Waals surface area contributed by atoms with E-state index < -0.39 is 14.3 Å². The molecule has 2 aromatic carbocycles. The van der Waals surface area contributed by atoms with E-state index in [1.54, 1.807) is 31.0 Å². The van der Waals surface area contributed by atoms with Gasteiger partial charge in [-0.25, -0.2) is 4.39 Å². The van der Waals surface area contributed by atoms with E-state index in [0.717, 1.165) is 42.4 Å². The van der Waals surface area contributed by atoms with Crippen LogP contribution >= 0.6 is 19.7 Å². The van der Waals surface area contributed by atoms with Crippen LogP contribution in [-0.4, -0.2) is 90.9 Å². The maximum absolute atomic E-state index is 13.5. The van der Waals surface area contributed by atoms with Crippen LogP contribution in [0.5, 0.6) is 0 Å². The van der Waals surface area contributed by atoms with Crippen molar-refractivity contribution >= 4 is 60.0 Å². The third-order valence-corrected chi connectivity index (χ3v) is 9.03. The zero-order valence-electron chi connectivity index (χ0n) is 25.6. The topological polar surface area (TPSA) is 130 Å². The van der Waals surface area contributed by atoms with Crippen LogP contribution in [0.25, 0.3) is 10.1 Å². The van der Waals surface area contributed by atoms with Crippen molar-refractivity contribution in [3.63, 3.8) is 0 Å². The molecule has 0 spiro atoms. The Labute approximate surface area is 263 Å². The fourth-order valence-electron chi connectivity index (χ4n) is 4.87. The number of fused-ring (bicyclic) bond motifs is 2. The highest BCUT2D eigenvalue weighted by atomic mass is 32.1. The van der Waals surface area contributed by atoms with Crippen LogP contribution in [0.2, 0.25) is 0 Å². The molecule has 0 saturated carbocycles. The summed E-state index contributed by atoms with van der Waals surface area (Å²) < 4.78 is 14.3. The Morgan fingerprint density at radius 3 is 2.32 bits per heavy atom. The Kier molecular flexibility index (Phi) is 15.4. The zero-order valence-corrected chi connectivity index (χ0v) is 27.3. The van der Waals surface area contributed by atoms with E-state index in [9.17, 15) is 18.8 Å². The Hall–Kier alpha value is -3.44. The van der Waals surface area contributed by atoms with Crippen LogP contribution in [0, 0.1) is 0 Å². The Bertz CT molecular complexity index is 1360. The van der Waals surface area contributed by atoms with Crippen molar-refractivity contribution in [1.29, 1.82) is 0 Å². The molecule has 0 radical (unpaired) electrons. The molecule has 44 heavy (non-hydrogen) atoms. The number of hydrogen-bond acceptors (Lipinski definition) is 8. The number of halogens is 1. The van der Waals surface area contributed by atoms with Gasteiger partial charge in [0.15, 0.2) is 5.91 Å². The van der Waals surface area contributed by atoms with E-state index in [1.165, 1.54) is 29.2 Å². The van der Waals surface area contributed by atoms with Crippen LogP contribution in [0.1, 0.15) is 53.8 Å². The van der Waals surface area contributed by atoms with Crippen LogP contribution in [0.3, 0.4) is 0 Å². The van der Waals surface area contributed by atoms with Crippen molar-refractivity contribution in [2.75, 3.05) is 45.7 Å². The summed E-state index contributed by atoms with van der Waals surface area (Å²) in [4.78, 5) is 66.7. The molecule has 2 aliphatic rings. The molecule has 3 N–H and O–H groups in total. The minimum absolute atomic E-state index is 0.0919. The van der Waals surface area contributed by atoms with Crippen molar-refractivity contribution < 1.29 is 33.4 Å². The molecule has 5 rings (SSSR count). The third-order valence-electron chi connectivity index (χ3n) is 7.21. The van der Waals surface area contributed by atoms with E-state index in [-0.39, 0.29) is 23.3 Å². The van der Waals surface area contributed by atoms with Crippen LogP contribution in [-0.2, 0) is 14.4 Å². The second kappa shape index (κ2) is 18.4. The smallest absolute Gasteiger partial charge is 0.261 e. The zero-order chi connectivity index (χ0) is 32.8. The van der Waals surface area contributed by atoms with Crippen molar-refractivity contribution in [2.24, 2.45) is 0 Å². The standard InChI is InChI=1S/C11H11FNO3PS.C11H18N2O2.C8H11N.CH2O/c1-13-11(14)9-5-7-4-6(10(12)17(15)16)2-3-8(7)18-9;1-9(14)12-7-4-10-3-2-6-13(10)11(15)5-8-12;1-9(2)8-6-4-3-5-7-8;1-2/h2-5,10,15-16H,1H3,(H,13,14);10H,2-8H2,1H3;3-7H,1-2H3;1H2. The molecule has 2 unspecified atom stereocenters. The van der Waals surface area contributed by atoms with Crippen molar-refractivity contribution in [1.82, 2.24) is 15.1 Å². The molecule has 3 aromatic rings. The molecule has 2 aliphatic heterocycles. The Balaban J connectivity index is 0.000000235. The lowest BCUT2D eigenvalue weighted by molar-refractivity contribution is -0.136. The Morgan fingerprint density at radius 1 is 1.07 bits per heavy atom. The average molecular weight is 649 g/mol. The number of nitrogens with zero attached hydrogens (tertiary/aromatic N) is 3. The highest BCUT2D eigenvalue weighted by Gasteiger charge is 2.31. The van der Waals surface area contributed by atoms with Gasteiger partial charge in [0.05, 0.1) is 4.88 Å². The lowest BCUT2D eigenvalue weighted by Crippen LogP contribution is -2.44. The highest BCUT2D eigenvalue weighted by molar-refractivity contribution is 7.45. The number of thiophene rings is 1. The van der Waals surface area contributed by atoms with E-state index in [1.807, 2.05) is 44.0 Å². The summed E-state index contributed by atoms with van der Waals surface area (Å²) in [5, 5.41) is 3.24. The van der Waals surface area contributed by atoms with Gasteiger partial charge in [-0.2, -0.15) is 0 Å². The molecule has 0 bridgehead atoms. The lowest BCUT2D eigenvalue weighted by atomic mass is 10.1. The van der Waals surface area contributed by atoms with Gasteiger partial charge < -0.3 is 34.6 Å². The molecule has 240 valence electrons. The second-order valence-corrected chi connectivity index (χ2v) is 12.5. The first-order valence-electron chi connectivity index (χ1n) is 14.1. The van der Waals surface area contributed by atoms with Gasteiger partial charge in [0.2, 0.25) is 20.2 Å². The molecule has 2 atom stereocenters. The summed E-state index contributed by atoms with van der Waals surface area (Å²) in [5.74, 6) is -1.66. The molecule has 10 nitrogen and oxygen atoms in total. The number of para-hydroxylation sites is 1. The summed E-state index contributed by atoms with van der Waals surface area (Å²) >= 11 is 1.30. The SMILES string of the molecule is C=O.CC(=O)N1CCC(=O)N2CCCC2CC1.CN(C)c1ccccc1.CNC(=O)c1cc2cc(C(F)P(O)O)ccc2s1. The first kappa shape index (κ1) is 36.8. The predicted molar refractivity (Wildman–Crippen MR) is 175 cm³/mol. The van der Waals surface area contributed by atoms with Gasteiger partial charge in [0.1, 0.15) is 6.79 Å². The van der Waals surface area contributed by atoms with Crippen LogP contribution in [0.4, 0.5) is 10.1 Å². The first-order valence-corrected chi connectivity index (χ1v) is 16.3. The number of alkyl halides is 1. The summed E-state index contributed by atoms with van der Waals surface area (Å²) in [6.45, 7) is 5.91. The quantitative estimate of drug-likeness (QED) is 0.350. The fraction of sp³-hybridized carbons (Fsp3) is 0.419. The van der Waals surface area contributed by atoms with Gasteiger partial charge in [-0.3, -0.25) is 14.4 Å². The summed E-state index contributed by atoms with van der Waals surface area (Å²) in [7, 11) is 2.97. The summed E-state index contributed by atoms with van der Waals surface area (Å²) in [5.41, 5.74) is 1.46.